The zero-order chi connectivity index (χ0) is 89.7. The minimum absolute atomic E-state index is 0.0109. The number of nitrogens with zero attached hydrogens (tertiary/aromatic N) is 7. The van der Waals surface area contributed by atoms with Gasteiger partial charge in [0.25, 0.3) is 0 Å². The Morgan fingerprint density at radius 3 is 1.15 bits per heavy atom. The Kier molecular flexibility index (Phi) is 25.1. The van der Waals surface area contributed by atoms with Crippen molar-refractivity contribution in [3.63, 3.8) is 0 Å². The lowest BCUT2D eigenvalue weighted by Crippen LogP contribution is -2.56. The number of ether oxygens (including phenoxy) is 1. The molecule has 4 aromatic rings. The summed E-state index contributed by atoms with van der Waals surface area (Å²) in [6.07, 6.45) is 60.2. The van der Waals surface area contributed by atoms with E-state index in [1.807, 2.05) is 41.6 Å². The molecule has 32 atom stereocenters. The molecule has 16 aliphatic rings. The second-order valence-corrected chi connectivity index (χ2v) is 49.4. The van der Waals surface area contributed by atoms with Crippen LogP contribution >= 0.6 is 0 Å². The average Bonchev–Trinajstić information content (AvgIpc) is 1.47. The number of imidazole rings is 1. The summed E-state index contributed by atoms with van der Waals surface area (Å²) in [6, 6.07) is 4.14. The van der Waals surface area contributed by atoms with Gasteiger partial charge in [-0.1, -0.05) is 62.3 Å². The highest BCUT2D eigenvalue weighted by atomic mass is 16.5. The highest BCUT2D eigenvalue weighted by Gasteiger charge is 2.68. The molecule has 0 amide bonds. The van der Waals surface area contributed by atoms with E-state index in [0.717, 1.165) is 162 Å². The molecule has 694 valence electrons. The van der Waals surface area contributed by atoms with Gasteiger partial charge in [-0.2, -0.15) is 10.2 Å². The third-order valence-electron chi connectivity index (χ3n) is 42.9. The molecule has 16 aliphatic carbocycles. The third-order valence-corrected chi connectivity index (χ3v) is 42.9. The number of carbonyl (C=O) groups excluding carboxylic acids is 5. The number of methoxy groups -OCH3 is 1. The molecule has 0 saturated heterocycles. The molecule has 0 unspecified atom stereocenters. The molecular formula is C109H163N7O10. The van der Waals surface area contributed by atoms with Crippen LogP contribution in [0.4, 0.5) is 0 Å². The SMILES string of the molecule is C#Cc1cn(CC(=O)[C@H]2CC[C@H]3[C@@H]4CC[C@H]5C[C@@](O)(COC)CC[C@]5(C)[C@H]4CC[C@]23C)cn1.CC(=O)c1cnn(CC(=O)[C@H]2CC[C@H]3[C@@H]4CC[C@H]5C[C@](C)(O)CC[C@]5(C)[C@H]4CC[C@]23C)c1.CCc1cnn(CC(=O)[C@H]2CC[C@H]3[C@@H]4CC[C@H]5C[C@](C)(O)CC[C@]5(C)[C@H]4CC[C@]23C)c1.Cc1cccn1CC(=O)[C@H]1CC[C@H]2[C@@H]3CC[C@H]4C[C@](C)(O)CC[C@]4(C)[C@H]3CC[C@]12C. The van der Waals surface area contributed by atoms with Crippen molar-refractivity contribution in [2.45, 2.75) is 383 Å². The molecule has 0 aromatic carbocycles. The minimum atomic E-state index is -0.646. The van der Waals surface area contributed by atoms with Gasteiger partial charge in [0.15, 0.2) is 28.9 Å². The zero-order valence-electron chi connectivity index (χ0n) is 80.4. The van der Waals surface area contributed by atoms with E-state index in [0.29, 0.717) is 124 Å². The van der Waals surface area contributed by atoms with Crippen LogP contribution in [0.25, 0.3) is 0 Å². The van der Waals surface area contributed by atoms with E-state index in [2.05, 4.69) is 114 Å². The molecular weight excluding hydrogens is 1570 g/mol. The van der Waals surface area contributed by atoms with E-state index in [1.54, 1.807) is 36.7 Å². The Bertz CT molecular complexity index is 4690. The van der Waals surface area contributed by atoms with Crippen LogP contribution in [0.3, 0.4) is 0 Å². The van der Waals surface area contributed by atoms with E-state index in [1.165, 1.54) is 147 Å². The van der Waals surface area contributed by atoms with Gasteiger partial charge in [-0.05, 0) is 434 Å². The summed E-state index contributed by atoms with van der Waals surface area (Å²) in [5.41, 5.74) is 3.54. The molecule has 0 bridgehead atoms. The van der Waals surface area contributed by atoms with Crippen LogP contribution in [0.1, 0.15) is 348 Å². The van der Waals surface area contributed by atoms with Crippen molar-refractivity contribution in [3.8, 4) is 12.3 Å². The summed E-state index contributed by atoms with van der Waals surface area (Å²) in [5, 5.41) is 51.9. The number of Topliss-reactive ketones (excluding diaryl/α,β-unsaturated/α-hetero) is 5. The normalized spacial score (nSPS) is 46.1. The number of rotatable bonds is 16. The Morgan fingerprint density at radius 2 is 0.802 bits per heavy atom. The van der Waals surface area contributed by atoms with E-state index in [-0.39, 0.29) is 57.7 Å². The predicted molar refractivity (Wildman–Crippen MR) is 493 cm³/mol. The van der Waals surface area contributed by atoms with Gasteiger partial charge in [-0.15, -0.1) is 6.42 Å². The highest BCUT2D eigenvalue weighted by Crippen LogP contribution is 2.74. The first-order chi connectivity index (χ1) is 59.6. The van der Waals surface area contributed by atoms with Crippen molar-refractivity contribution in [2.24, 2.45) is 162 Å². The monoisotopic (exact) mass is 1730 g/mol. The van der Waals surface area contributed by atoms with Crippen molar-refractivity contribution >= 4 is 28.9 Å². The van der Waals surface area contributed by atoms with E-state index < -0.39 is 22.4 Å². The first kappa shape index (κ1) is 92.5. The second-order valence-electron chi connectivity index (χ2n) is 49.4. The summed E-state index contributed by atoms with van der Waals surface area (Å²) >= 11 is 0. The van der Waals surface area contributed by atoms with Gasteiger partial charge in [0.1, 0.15) is 5.69 Å². The van der Waals surface area contributed by atoms with Gasteiger partial charge >= 0.3 is 0 Å². The maximum Gasteiger partial charge on any atom is 0.162 e. The smallest absolute Gasteiger partial charge is 0.162 e. The fourth-order valence-corrected chi connectivity index (χ4v) is 35.7. The standard InChI is InChI=1S/C28H40N2O3.C27H40N2O3.C27H42N2O2.C27H41NO2/c1-5-20-15-30(18-29-20)16-25(31)24-9-8-22-21-7-6-19-14-28(32,17-33-4)13-12-26(19,2)23(21)10-11-27(22,24)3;1-17(30)18-14-28-29(15-18)16-24(31)23-8-7-21-20-6-5-19-13-25(2,32)11-12-26(19,3)22(20)9-10-27(21,23)4;1-5-18-15-28-29(16-18)17-24(30)23-9-8-21-20-7-6-19-14-25(2,31)12-13-26(19,3)22(20)10-11-27(21,23)4;1-18-6-5-15-28(18)17-24(29)23-10-9-21-20-8-7-19-16-25(2,30)13-14-26(19,3)22(20)11-12-27(21,23)4/h1,15,18-19,21-24,32H,6-14,16-17H2,2-4H3;14-15,19-23,32H,5-13,16H2,1-4H3;15-16,19-23,31H,5-14,17H2,1-4H3;5-6,15,19-23,30H,7-14,16-17H2,1-4H3/t19-,21-,22-,23-,24+,26-,27-,28+;3*19-,20-,21-,22-,23+,25+,26-,27-/m0000/s1. The van der Waals surface area contributed by atoms with Crippen molar-refractivity contribution < 1.29 is 49.1 Å². The van der Waals surface area contributed by atoms with Crippen molar-refractivity contribution in [1.29, 1.82) is 0 Å². The molecule has 126 heavy (non-hydrogen) atoms. The number of aryl methyl sites for hydroxylation is 2. The third kappa shape index (κ3) is 16.5. The van der Waals surface area contributed by atoms with Crippen LogP contribution in [-0.2, 0) is 56.5 Å². The highest BCUT2D eigenvalue weighted by molar-refractivity contribution is 5.93. The molecule has 0 spiro atoms. The van der Waals surface area contributed by atoms with Gasteiger partial charge < -0.3 is 34.3 Å². The number of fused-ring (bicyclic) bond motifs is 20. The van der Waals surface area contributed by atoms with Crippen molar-refractivity contribution in [3.05, 3.63) is 78.2 Å². The fourth-order valence-electron chi connectivity index (χ4n) is 35.7. The van der Waals surface area contributed by atoms with Gasteiger partial charge in [-0.3, -0.25) is 33.3 Å². The molecule has 20 rings (SSSR count). The molecule has 17 nitrogen and oxygen atoms in total. The second kappa shape index (κ2) is 34.3. The number of terminal acetylenes is 1. The van der Waals surface area contributed by atoms with Crippen LogP contribution in [0.2, 0.25) is 0 Å². The number of hydrogen-bond donors (Lipinski definition) is 4. The Labute approximate surface area is 756 Å². The number of aliphatic hydroxyl groups is 4. The van der Waals surface area contributed by atoms with Crippen molar-refractivity contribution in [2.75, 3.05) is 13.7 Å². The summed E-state index contributed by atoms with van der Waals surface area (Å²) in [5.74, 6) is 16.1. The molecule has 4 N–H and O–H groups in total. The lowest BCUT2D eigenvalue weighted by molar-refractivity contribution is -0.164. The maximum absolute atomic E-state index is 13.4. The summed E-state index contributed by atoms with van der Waals surface area (Å²) in [6.45, 7) is 33.9. The molecule has 0 aliphatic heterocycles. The van der Waals surface area contributed by atoms with E-state index in [9.17, 15) is 44.4 Å². The van der Waals surface area contributed by atoms with E-state index in [4.69, 9.17) is 11.2 Å². The molecule has 4 aromatic heterocycles. The van der Waals surface area contributed by atoms with Crippen LogP contribution in [0.5, 0.6) is 0 Å². The van der Waals surface area contributed by atoms with Gasteiger partial charge in [0.05, 0.1) is 79.5 Å². The quantitative estimate of drug-likeness (QED) is 0.0604. The number of ketones is 5. The predicted octanol–water partition coefficient (Wildman–Crippen LogP) is 20.7. The Morgan fingerprint density at radius 1 is 0.437 bits per heavy atom. The lowest BCUT2D eigenvalue weighted by Gasteiger charge is -2.62. The molecule has 16 saturated carbocycles. The average molecular weight is 1730 g/mol. The number of carbonyl (C=O) groups is 5. The first-order valence-corrected chi connectivity index (χ1v) is 51.2. The van der Waals surface area contributed by atoms with Crippen LogP contribution in [0, 0.1) is 181 Å². The van der Waals surface area contributed by atoms with Crippen LogP contribution < -0.4 is 0 Å². The van der Waals surface area contributed by atoms with Gasteiger partial charge in [0, 0.05) is 61.3 Å². The Hall–Kier alpha value is -5.38. The number of aromatic nitrogens is 7. The van der Waals surface area contributed by atoms with E-state index >= 15 is 0 Å². The fraction of sp³-hybridized carbons (Fsp3) is 0.817. The molecule has 4 heterocycles. The van der Waals surface area contributed by atoms with Crippen LogP contribution in [0.15, 0.2) is 55.6 Å². The van der Waals surface area contributed by atoms with Gasteiger partial charge in [-0.25, -0.2) is 4.98 Å². The largest absolute Gasteiger partial charge is 0.390 e. The minimum Gasteiger partial charge on any atom is -0.390 e. The summed E-state index contributed by atoms with van der Waals surface area (Å²) in [7, 11) is 1.70. The lowest BCUT2D eigenvalue weighted by atomic mass is 9.44. The summed E-state index contributed by atoms with van der Waals surface area (Å²) in [4.78, 5) is 69.4. The van der Waals surface area contributed by atoms with Crippen molar-refractivity contribution in [1.82, 2.24) is 33.7 Å². The summed E-state index contributed by atoms with van der Waals surface area (Å²) < 4.78 is 12.9. The number of hydrogen-bond acceptors (Lipinski definition) is 13. The van der Waals surface area contributed by atoms with Gasteiger partial charge in [0.2, 0.25) is 0 Å². The van der Waals surface area contributed by atoms with Crippen LogP contribution in [-0.4, -0.2) is 119 Å². The first-order valence-electron chi connectivity index (χ1n) is 51.2. The molecule has 16 fully saturated rings. The molecule has 0 radical (unpaired) electrons. The Balaban J connectivity index is 0.000000119. The zero-order valence-corrected chi connectivity index (χ0v) is 80.4. The maximum atomic E-state index is 13.4. The topological polar surface area (TPSA) is 234 Å². The molecule has 17 heteroatoms.